The van der Waals surface area contributed by atoms with Gasteiger partial charge >= 0.3 is 0 Å². The van der Waals surface area contributed by atoms with E-state index in [-0.39, 0.29) is 11.9 Å². The van der Waals surface area contributed by atoms with Crippen molar-refractivity contribution in [2.45, 2.75) is 40.3 Å². The molecule has 1 N–H and O–H groups in total. The SMILES string of the molecule is Cc1nn(CC(C)C)c2sc(C(=O)NC(C)c3ccccc3)cc12. The highest BCUT2D eigenvalue weighted by Crippen LogP contribution is 2.29. The van der Waals surface area contributed by atoms with Crippen LogP contribution >= 0.6 is 11.3 Å². The Balaban J connectivity index is 1.83. The fourth-order valence-corrected chi connectivity index (χ4v) is 3.86. The molecular formula is C19H23N3OS. The summed E-state index contributed by atoms with van der Waals surface area (Å²) < 4.78 is 2.03. The predicted molar refractivity (Wildman–Crippen MR) is 99.5 cm³/mol. The first kappa shape index (κ1) is 16.7. The zero-order chi connectivity index (χ0) is 17.3. The number of carbonyl (C=O) groups is 1. The molecule has 2 heterocycles. The van der Waals surface area contributed by atoms with E-state index in [1.807, 2.05) is 54.9 Å². The van der Waals surface area contributed by atoms with Crippen LogP contribution in [0.5, 0.6) is 0 Å². The molecule has 24 heavy (non-hydrogen) atoms. The van der Waals surface area contributed by atoms with Crippen LogP contribution < -0.4 is 5.32 Å². The predicted octanol–water partition coefficient (Wildman–Crippen LogP) is 4.55. The van der Waals surface area contributed by atoms with Crippen LogP contribution in [0.2, 0.25) is 0 Å². The number of carbonyl (C=O) groups excluding carboxylic acids is 1. The molecule has 0 bridgehead atoms. The number of thiophene rings is 1. The average molecular weight is 341 g/mol. The summed E-state index contributed by atoms with van der Waals surface area (Å²) in [6, 6.07) is 12.0. The van der Waals surface area contributed by atoms with Crippen molar-refractivity contribution in [3.63, 3.8) is 0 Å². The Hall–Kier alpha value is -2.14. The van der Waals surface area contributed by atoms with E-state index in [9.17, 15) is 4.79 Å². The van der Waals surface area contributed by atoms with Crippen molar-refractivity contribution in [2.75, 3.05) is 0 Å². The normalized spacial score (nSPS) is 12.7. The fourth-order valence-electron chi connectivity index (χ4n) is 2.79. The van der Waals surface area contributed by atoms with Gasteiger partial charge in [-0.1, -0.05) is 44.2 Å². The van der Waals surface area contributed by atoms with Gasteiger partial charge in [0.1, 0.15) is 4.83 Å². The van der Waals surface area contributed by atoms with Crippen molar-refractivity contribution in [1.29, 1.82) is 0 Å². The van der Waals surface area contributed by atoms with Crippen LogP contribution in [0.15, 0.2) is 36.4 Å². The number of nitrogens with one attached hydrogen (secondary N) is 1. The molecule has 0 saturated heterocycles. The summed E-state index contributed by atoms with van der Waals surface area (Å²) in [6.07, 6.45) is 0. The molecule has 126 valence electrons. The molecule has 0 aliphatic heterocycles. The van der Waals surface area contributed by atoms with Gasteiger partial charge in [0.05, 0.1) is 16.6 Å². The van der Waals surface area contributed by atoms with Crippen molar-refractivity contribution < 1.29 is 4.79 Å². The molecule has 1 atom stereocenters. The number of aromatic nitrogens is 2. The molecule has 4 nitrogen and oxygen atoms in total. The van der Waals surface area contributed by atoms with E-state index in [0.29, 0.717) is 5.92 Å². The van der Waals surface area contributed by atoms with Crippen LogP contribution in [0.25, 0.3) is 10.2 Å². The second-order valence-electron chi connectivity index (χ2n) is 6.60. The number of rotatable bonds is 5. The van der Waals surface area contributed by atoms with Gasteiger partial charge in [-0.25, -0.2) is 0 Å². The highest BCUT2D eigenvalue weighted by Gasteiger charge is 2.18. The average Bonchev–Trinajstić information content (AvgIpc) is 3.10. The van der Waals surface area contributed by atoms with E-state index in [1.165, 1.54) is 11.3 Å². The lowest BCUT2D eigenvalue weighted by Crippen LogP contribution is -2.25. The Kier molecular flexibility index (Phi) is 4.71. The molecule has 5 heteroatoms. The summed E-state index contributed by atoms with van der Waals surface area (Å²) in [6.45, 7) is 9.22. The first-order valence-electron chi connectivity index (χ1n) is 8.28. The Bertz CT molecular complexity index is 848. The van der Waals surface area contributed by atoms with Gasteiger partial charge in [-0.2, -0.15) is 5.10 Å². The number of hydrogen-bond acceptors (Lipinski definition) is 3. The van der Waals surface area contributed by atoms with Gasteiger partial charge < -0.3 is 5.32 Å². The number of benzene rings is 1. The second kappa shape index (κ2) is 6.77. The quantitative estimate of drug-likeness (QED) is 0.740. The van der Waals surface area contributed by atoms with Gasteiger partial charge in [-0.15, -0.1) is 11.3 Å². The number of amides is 1. The third kappa shape index (κ3) is 3.36. The molecule has 1 amide bonds. The molecule has 2 aromatic heterocycles. The maximum absolute atomic E-state index is 12.6. The van der Waals surface area contributed by atoms with Crippen LogP contribution in [-0.4, -0.2) is 15.7 Å². The highest BCUT2D eigenvalue weighted by molar-refractivity contribution is 7.20. The van der Waals surface area contributed by atoms with Crippen molar-refractivity contribution in [1.82, 2.24) is 15.1 Å². The number of fused-ring (bicyclic) bond motifs is 1. The number of aryl methyl sites for hydroxylation is 1. The molecule has 1 unspecified atom stereocenters. The van der Waals surface area contributed by atoms with Crippen LogP contribution in [0, 0.1) is 12.8 Å². The minimum atomic E-state index is -0.0250. The third-order valence-electron chi connectivity index (χ3n) is 4.02. The summed E-state index contributed by atoms with van der Waals surface area (Å²) in [5.41, 5.74) is 2.09. The van der Waals surface area contributed by atoms with Gasteiger partial charge in [-0.05, 0) is 31.4 Å². The molecular weight excluding hydrogens is 318 g/mol. The summed E-state index contributed by atoms with van der Waals surface area (Å²) in [7, 11) is 0. The topological polar surface area (TPSA) is 46.9 Å². The van der Waals surface area contributed by atoms with E-state index >= 15 is 0 Å². The molecule has 3 rings (SSSR count). The van der Waals surface area contributed by atoms with Crippen LogP contribution in [0.1, 0.15) is 47.7 Å². The molecule has 1 aromatic carbocycles. The molecule has 0 saturated carbocycles. The highest BCUT2D eigenvalue weighted by atomic mass is 32.1. The number of nitrogens with zero attached hydrogens (tertiary/aromatic N) is 2. The molecule has 0 radical (unpaired) electrons. The standard InChI is InChI=1S/C19H23N3OS/c1-12(2)11-22-19-16(14(4)21-22)10-17(24-19)18(23)20-13(3)15-8-6-5-7-9-15/h5-10,12-13H,11H2,1-4H3,(H,20,23). The van der Waals surface area contributed by atoms with Gasteiger partial charge in [0, 0.05) is 11.9 Å². The van der Waals surface area contributed by atoms with Crippen LogP contribution in [0.4, 0.5) is 0 Å². The lowest BCUT2D eigenvalue weighted by atomic mass is 10.1. The van der Waals surface area contributed by atoms with Gasteiger partial charge in [0.25, 0.3) is 5.91 Å². The van der Waals surface area contributed by atoms with Gasteiger partial charge in [0.15, 0.2) is 0 Å². The molecule has 0 aliphatic carbocycles. The number of hydrogen-bond donors (Lipinski definition) is 1. The Labute approximate surface area is 146 Å². The zero-order valence-electron chi connectivity index (χ0n) is 14.5. The third-order valence-corrected chi connectivity index (χ3v) is 5.16. The molecule has 0 fully saturated rings. The van der Waals surface area contributed by atoms with Crippen molar-refractivity contribution in [3.8, 4) is 0 Å². The van der Waals surface area contributed by atoms with E-state index < -0.39 is 0 Å². The van der Waals surface area contributed by atoms with Crippen LogP contribution in [-0.2, 0) is 6.54 Å². The van der Waals surface area contributed by atoms with Crippen molar-refractivity contribution in [3.05, 3.63) is 52.5 Å². The molecule has 3 aromatic rings. The first-order valence-corrected chi connectivity index (χ1v) is 9.10. The van der Waals surface area contributed by atoms with E-state index in [1.54, 1.807) is 0 Å². The second-order valence-corrected chi connectivity index (χ2v) is 7.63. The van der Waals surface area contributed by atoms with Gasteiger partial charge in [-0.3, -0.25) is 9.48 Å². The molecule has 0 aliphatic rings. The minimum Gasteiger partial charge on any atom is -0.345 e. The van der Waals surface area contributed by atoms with Crippen LogP contribution in [0.3, 0.4) is 0 Å². The van der Waals surface area contributed by atoms with E-state index in [2.05, 4.69) is 24.3 Å². The van der Waals surface area contributed by atoms with Crippen molar-refractivity contribution in [2.24, 2.45) is 5.92 Å². The molecule has 0 spiro atoms. The lowest BCUT2D eigenvalue weighted by Gasteiger charge is -2.13. The summed E-state index contributed by atoms with van der Waals surface area (Å²) in [5.74, 6) is 0.494. The Morgan fingerprint density at radius 1 is 1.25 bits per heavy atom. The summed E-state index contributed by atoms with van der Waals surface area (Å²) >= 11 is 1.52. The van der Waals surface area contributed by atoms with E-state index in [4.69, 9.17) is 0 Å². The summed E-state index contributed by atoms with van der Waals surface area (Å²) in [5, 5.41) is 8.76. The maximum Gasteiger partial charge on any atom is 0.261 e. The van der Waals surface area contributed by atoms with E-state index in [0.717, 1.165) is 32.9 Å². The van der Waals surface area contributed by atoms with Crippen molar-refractivity contribution >= 4 is 27.5 Å². The fraction of sp³-hybridized carbons (Fsp3) is 0.368. The summed E-state index contributed by atoms with van der Waals surface area (Å²) in [4.78, 5) is 14.4. The van der Waals surface area contributed by atoms with Gasteiger partial charge in [0.2, 0.25) is 0 Å². The Morgan fingerprint density at radius 3 is 2.62 bits per heavy atom. The smallest absolute Gasteiger partial charge is 0.261 e. The zero-order valence-corrected chi connectivity index (χ0v) is 15.4. The maximum atomic E-state index is 12.6. The first-order chi connectivity index (χ1) is 11.5. The lowest BCUT2D eigenvalue weighted by molar-refractivity contribution is 0.0944. The monoisotopic (exact) mass is 341 g/mol. The largest absolute Gasteiger partial charge is 0.345 e. The Morgan fingerprint density at radius 2 is 1.96 bits per heavy atom. The minimum absolute atomic E-state index is 0.0165.